The van der Waals surface area contributed by atoms with Crippen molar-refractivity contribution in [2.75, 3.05) is 0 Å². The summed E-state index contributed by atoms with van der Waals surface area (Å²) in [5.41, 5.74) is 7.17. The molecule has 1 spiro atoms. The number of rotatable bonds is 7. The molecule has 0 N–H and O–H groups in total. The molecule has 0 heterocycles. The van der Waals surface area contributed by atoms with Gasteiger partial charge in [0.1, 0.15) is 0 Å². The molecule has 0 aromatic heterocycles. The third-order valence-corrected chi connectivity index (χ3v) is 8.16. The van der Waals surface area contributed by atoms with Crippen LogP contribution in [0.4, 0.5) is 0 Å². The first-order chi connectivity index (χ1) is 16.3. The highest BCUT2D eigenvalue weighted by Crippen LogP contribution is 2.56. The molecule has 2 aliphatic rings. The molecule has 0 amide bonds. The predicted octanol–water partition coefficient (Wildman–Crippen LogP) is 11.0. The van der Waals surface area contributed by atoms with Crippen LogP contribution in [0.15, 0.2) is 77.9 Å². The Balaban J connectivity index is 0.00000129. The molecule has 1 aromatic rings. The maximum Gasteiger partial charge on any atom is -0.0154 e. The van der Waals surface area contributed by atoms with Gasteiger partial charge in [-0.05, 0) is 106 Å². The van der Waals surface area contributed by atoms with E-state index in [0.717, 1.165) is 17.4 Å². The van der Waals surface area contributed by atoms with Gasteiger partial charge in [-0.25, -0.2) is 0 Å². The van der Waals surface area contributed by atoms with Crippen molar-refractivity contribution < 1.29 is 0 Å². The van der Waals surface area contributed by atoms with Crippen molar-refractivity contribution in [3.8, 4) is 0 Å². The van der Waals surface area contributed by atoms with Crippen molar-refractivity contribution in [3.05, 3.63) is 83.5 Å². The molecule has 2 saturated carbocycles. The molecule has 0 heteroatoms. The summed E-state index contributed by atoms with van der Waals surface area (Å²) in [6, 6.07) is 11.3. The highest BCUT2D eigenvalue weighted by molar-refractivity contribution is 5.48. The summed E-state index contributed by atoms with van der Waals surface area (Å²) in [4.78, 5) is 0. The topological polar surface area (TPSA) is 0 Å². The molecule has 0 nitrogen and oxygen atoms in total. The van der Waals surface area contributed by atoms with E-state index < -0.39 is 0 Å². The van der Waals surface area contributed by atoms with Gasteiger partial charge < -0.3 is 0 Å². The Hall–Kier alpha value is -1.82. The van der Waals surface area contributed by atoms with Crippen LogP contribution in [0.2, 0.25) is 0 Å². The van der Waals surface area contributed by atoms with Crippen LogP contribution in [-0.4, -0.2) is 0 Å². The zero-order valence-corrected chi connectivity index (χ0v) is 23.3. The minimum absolute atomic E-state index is 0.543. The van der Waals surface area contributed by atoms with Crippen molar-refractivity contribution in [3.63, 3.8) is 0 Å². The Morgan fingerprint density at radius 1 is 1.00 bits per heavy atom. The summed E-state index contributed by atoms with van der Waals surface area (Å²) in [6.07, 6.45) is 18.0. The predicted molar refractivity (Wildman–Crippen MR) is 153 cm³/mol. The summed E-state index contributed by atoms with van der Waals surface area (Å²) < 4.78 is 0. The molecular weight excluding hydrogens is 408 g/mol. The largest absolute Gasteiger partial charge is 0.0955 e. The second kappa shape index (κ2) is 13.9. The number of benzene rings is 1. The summed E-state index contributed by atoms with van der Waals surface area (Å²) in [5.74, 6) is 2.25. The second-order valence-corrected chi connectivity index (χ2v) is 11.3. The van der Waals surface area contributed by atoms with Crippen molar-refractivity contribution in [2.45, 2.75) is 112 Å². The molecular formula is C34H52. The van der Waals surface area contributed by atoms with Gasteiger partial charge in [0, 0.05) is 0 Å². The van der Waals surface area contributed by atoms with Gasteiger partial charge in [0.05, 0.1) is 0 Å². The van der Waals surface area contributed by atoms with Gasteiger partial charge in [0.2, 0.25) is 0 Å². The molecule has 34 heavy (non-hydrogen) atoms. The van der Waals surface area contributed by atoms with Gasteiger partial charge in [-0.1, -0.05) is 107 Å². The van der Waals surface area contributed by atoms with Crippen molar-refractivity contribution in [2.24, 2.45) is 17.3 Å². The Labute approximate surface area is 212 Å². The Morgan fingerprint density at radius 3 is 2.15 bits per heavy atom. The highest BCUT2D eigenvalue weighted by atomic mass is 14.5. The molecule has 0 radical (unpaired) electrons. The molecule has 0 aliphatic heterocycles. The van der Waals surface area contributed by atoms with Crippen LogP contribution in [0.25, 0.3) is 0 Å². The lowest BCUT2D eigenvalue weighted by molar-refractivity contribution is 0.0582. The minimum Gasteiger partial charge on any atom is -0.0955 e. The lowest BCUT2D eigenvalue weighted by Gasteiger charge is -2.49. The normalized spacial score (nSPS) is 27.6. The maximum atomic E-state index is 4.57. The lowest BCUT2D eigenvalue weighted by atomic mass is 9.56. The average Bonchev–Trinajstić information content (AvgIpc) is 2.83. The van der Waals surface area contributed by atoms with Crippen molar-refractivity contribution >= 4 is 0 Å². The van der Waals surface area contributed by atoms with E-state index in [4.69, 9.17) is 0 Å². The highest BCUT2D eigenvalue weighted by Gasteiger charge is 2.43. The van der Waals surface area contributed by atoms with Gasteiger partial charge in [-0.3, -0.25) is 0 Å². The van der Waals surface area contributed by atoms with Gasteiger partial charge >= 0.3 is 0 Å². The van der Waals surface area contributed by atoms with E-state index in [9.17, 15) is 0 Å². The van der Waals surface area contributed by atoms with E-state index >= 15 is 0 Å². The summed E-state index contributed by atoms with van der Waals surface area (Å²) in [7, 11) is 0. The fourth-order valence-corrected chi connectivity index (χ4v) is 6.40. The van der Waals surface area contributed by atoms with Crippen LogP contribution in [0.3, 0.4) is 0 Å². The molecule has 2 aliphatic carbocycles. The third-order valence-electron chi connectivity index (χ3n) is 8.16. The van der Waals surface area contributed by atoms with Crippen molar-refractivity contribution in [1.29, 1.82) is 0 Å². The van der Waals surface area contributed by atoms with E-state index in [1.165, 1.54) is 80.9 Å². The molecule has 0 bridgehead atoms. The summed E-state index contributed by atoms with van der Waals surface area (Å²) >= 11 is 0. The van der Waals surface area contributed by atoms with Gasteiger partial charge in [0.25, 0.3) is 0 Å². The van der Waals surface area contributed by atoms with Gasteiger partial charge in [0.15, 0.2) is 0 Å². The van der Waals surface area contributed by atoms with Gasteiger partial charge in [-0.15, -0.1) is 0 Å². The van der Waals surface area contributed by atoms with Crippen LogP contribution < -0.4 is 0 Å². The maximum absolute atomic E-state index is 4.57. The van der Waals surface area contributed by atoms with E-state index in [1.54, 1.807) is 5.56 Å². The fourth-order valence-electron chi connectivity index (χ4n) is 6.40. The fraction of sp³-hybridized carbons (Fsp3) is 0.588. The lowest BCUT2D eigenvalue weighted by Crippen LogP contribution is -2.36. The van der Waals surface area contributed by atoms with Crippen LogP contribution in [0.1, 0.15) is 117 Å². The van der Waals surface area contributed by atoms with E-state index in [-0.39, 0.29) is 0 Å². The molecule has 0 saturated heterocycles. The first-order valence-corrected chi connectivity index (χ1v) is 14.0. The van der Waals surface area contributed by atoms with Crippen LogP contribution in [0, 0.1) is 17.3 Å². The number of allylic oxidation sites excluding steroid dienone is 6. The quantitative estimate of drug-likeness (QED) is 0.355. The molecule has 2 unspecified atom stereocenters. The SMILES string of the molecule is C=C(C)/C(=C\C(C)=C/C)C(=C)C1CCC2(CC1)CC(CCC)CC(c1ccccc1)C2.CCC. The average molecular weight is 461 g/mol. The Morgan fingerprint density at radius 2 is 1.62 bits per heavy atom. The smallest absolute Gasteiger partial charge is 0.0154 e. The second-order valence-electron chi connectivity index (χ2n) is 11.3. The molecule has 2 fully saturated rings. The molecule has 188 valence electrons. The summed E-state index contributed by atoms with van der Waals surface area (Å²) in [5, 5.41) is 0. The van der Waals surface area contributed by atoms with Gasteiger partial charge in [-0.2, -0.15) is 0 Å². The van der Waals surface area contributed by atoms with E-state index in [1.807, 2.05) is 0 Å². The number of hydrogen-bond donors (Lipinski definition) is 0. The van der Waals surface area contributed by atoms with E-state index in [2.05, 4.69) is 97.2 Å². The third kappa shape index (κ3) is 7.86. The zero-order chi connectivity index (χ0) is 25.1. The van der Waals surface area contributed by atoms with Crippen LogP contribution in [0.5, 0.6) is 0 Å². The molecule has 1 aromatic carbocycles. The Kier molecular flexibility index (Phi) is 11.6. The first-order valence-electron chi connectivity index (χ1n) is 14.0. The van der Waals surface area contributed by atoms with Crippen LogP contribution >= 0.6 is 0 Å². The first kappa shape index (κ1) is 28.4. The molecule has 2 atom stereocenters. The van der Waals surface area contributed by atoms with E-state index in [0.29, 0.717) is 11.3 Å². The van der Waals surface area contributed by atoms with Crippen LogP contribution in [-0.2, 0) is 0 Å². The number of hydrogen-bond acceptors (Lipinski definition) is 0. The monoisotopic (exact) mass is 460 g/mol. The zero-order valence-electron chi connectivity index (χ0n) is 23.3. The van der Waals surface area contributed by atoms with Crippen molar-refractivity contribution in [1.82, 2.24) is 0 Å². The molecule has 3 rings (SSSR count). The summed E-state index contributed by atoms with van der Waals surface area (Å²) in [6.45, 7) is 21.8. The standard InChI is InChI=1S/C31H44.C3H8/c1-7-12-26-20-29(28-13-10-9-11-14-28)22-31(21-26)17-15-27(16-18-31)25(6)30(23(3)4)19-24(5)8-2;1-3-2/h8-11,13-14,19,26-27,29H,3,6-7,12,15-18,20-22H2,1-2,4-5H3;3H2,1-2H3/b24-8-,30-19+;. The minimum atomic E-state index is 0.543. The Bertz CT molecular complexity index is 826.